The highest BCUT2D eigenvalue weighted by atomic mass is 32.1. The Balaban J connectivity index is 0.951. The third-order valence-corrected chi connectivity index (χ3v) is 8.60. The Labute approximate surface area is 225 Å². The molecule has 0 bridgehead atoms. The zero-order valence-corrected chi connectivity index (χ0v) is 23.2. The smallest absolute Gasteiger partial charge is 0.0928 e. The Morgan fingerprint density at radius 3 is 1.19 bits per heavy atom. The van der Waals surface area contributed by atoms with Gasteiger partial charge in [-0.05, 0) is 36.8 Å². The molecule has 2 aromatic heterocycles. The van der Waals surface area contributed by atoms with Gasteiger partial charge in [0, 0.05) is 23.6 Å². The number of rotatable bonds is 17. The van der Waals surface area contributed by atoms with Gasteiger partial charge in [0.25, 0.3) is 0 Å². The van der Waals surface area contributed by atoms with Crippen LogP contribution in [0.15, 0.2) is 71.4 Å². The van der Waals surface area contributed by atoms with E-state index >= 15 is 0 Å². The number of benzene rings is 2. The maximum Gasteiger partial charge on any atom is 0.0928 e. The molecule has 36 heavy (non-hydrogen) atoms. The fourth-order valence-electron chi connectivity index (χ4n) is 4.67. The van der Waals surface area contributed by atoms with Crippen molar-refractivity contribution in [2.75, 3.05) is 0 Å². The summed E-state index contributed by atoms with van der Waals surface area (Å²) in [5.41, 5.74) is 5.14. The second-order valence-electron chi connectivity index (χ2n) is 9.83. The lowest BCUT2D eigenvalue weighted by molar-refractivity contribution is 0.551. The number of hydrogen-bond acceptors (Lipinski definition) is 4. The minimum atomic E-state index is 0.956. The van der Waals surface area contributed by atoms with Gasteiger partial charge in [-0.2, -0.15) is 0 Å². The predicted octanol–water partition coefficient (Wildman–Crippen LogP) is 9.47. The van der Waals surface area contributed by atoms with E-state index in [1.807, 2.05) is 22.7 Å². The van der Waals surface area contributed by atoms with Crippen LogP contribution in [0, 0.1) is 0 Å². The molecule has 0 aliphatic rings. The summed E-state index contributed by atoms with van der Waals surface area (Å²) in [6.07, 6.45) is 17.8. The fraction of sp³-hybridized carbons (Fsp3) is 0.438. The number of nitrogens with zero attached hydrogens (tertiary/aromatic N) is 2. The van der Waals surface area contributed by atoms with Gasteiger partial charge in [0.15, 0.2) is 0 Å². The van der Waals surface area contributed by atoms with Crippen molar-refractivity contribution in [1.29, 1.82) is 0 Å². The predicted molar refractivity (Wildman–Crippen MR) is 156 cm³/mol. The van der Waals surface area contributed by atoms with Crippen molar-refractivity contribution in [3.05, 3.63) is 104 Å². The first-order valence-electron chi connectivity index (χ1n) is 13.8. The van der Waals surface area contributed by atoms with E-state index < -0.39 is 0 Å². The highest BCUT2D eigenvalue weighted by molar-refractivity contribution is 7.09. The van der Waals surface area contributed by atoms with Crippen LogP contribution in [0.25, 0.3) is 0 Å². The molecule has 2 heterocycles. The third-order valence-electron chi connectivity index (χ3n) is 6.69. The van der Waals surface area contributed by atoms with E-state index in [1.54, 1.807) is 0 Å². The minimum absolute atomic E-state index is 0.956. The Hall–Kier alpha value is -2.30. The molecule has 2 aromatic carbocycles. The number of unbranched alkanes of at least 4 members (excludes halogenated alkanes) is 9. The summed E-state index contributed by atoms with van der Waals surface area (Å²) in [5, 5.41) is 7.10. The highest BCUT2D eigenvalue weighted by Gasteiger charge is 2.05. The number of hydrogen-bond donors (Lipinski definition) is 0. The second-order valence-corrected chi connectivity index (χ2v) is 11.7. The molecule has 0 aliphatic heterocycles. The SMILES string of the molecule is c1ccc(Cc2csc(CCCCCCCCCCCCc3nc(Cc4ccccc4)cs3)n2)cc1. The molecule has 0 saturated heterocycles. The van der Waals surface area contributed by atoms with Gasteiger partial charge in [-0.3, -0.25) is 0 Å². The normalized spacial score (nSPS) is 11.2. The summed E-state index contributed by atoms with van der Waals surface area (Å²) < 4.78 is 0. The van der Waals surface area contributed by atoms with Crippen molar-refractivity contribution >= 4 is 22.7 Å². The summed E-state index contributed by atoms with van der Waals surface area (Å²) in [6.45, 7) is 0. The molecule has 4 heteroatoms. The molecule has 190 valence electrons. The molecule has 4 aromatic rings. The van der Waals surface area contributed by atoms with E-state index in [1.165, 1.54) is 96.7 Å². The largest absolute Gasteiger partial charge is 0.246 e. The molecule has 4 rings (SSSR count). The van der Waals surface area contributed by atoms with E-state index in [-0.39, 0.29) is 0 Å². The van der Waals surface area contributed by atoms with Crippen LogP contribution in [0.2, 0.25) is 0 Å². The number of thiazole rings is 2. The van der Waals surface area contributed by atoms with E-state index in [2.05, 4.69) is 71.4 Å². The zero-order chi connectivity index (χ0) is 24.7. The molecule has 2 nitrogen and oxygen atoms in total. The van der Waals surface area contributed by atoms with Gasteiger partial charge in [-0.15, -0.1) is 22.7 Å². The van der Waals surface area contributed by atoms with Crippen LogP contribution in [0.5, 0.6) is 0 Å². The lowest BCUT2D eigenvalue weighted by atomic mass is 10.1. The van der Waals surface area contributed by atoms with E-state index in [4.69, 9.17) is 9.97 Å². The van der Waals surface area contributed by atoms with Crippen molar-refractivity contribution < 1.29 is 0 Å². The van der Waals surface area contributed by atoms with E-state index in [0.29, 0.717) is 0 Å². The molecule has 0 radical (unpaired) electrons. The molecule has 0 saturated carbocycles. The number of aryl methyl sites for hydroxylation is 2. The van der Waals surface area contributed by atoms with Gasteiger partial charge in [0.1, 0.15) is 0 Å². The Morgan fingerprint density at radius 2 is 0.806 bits per heavy atom. The van der Waals surface area contributed by atoms with Crippen molar-refractivity contribution in [3.63, 3.8) is 0 Å². The van der Waals surface area contributed by atoms with Gasteiger partial charge in [-0.25, -0.2) is 9.97 Å². The number of aromatic nitrogens is 2. The van der Waals surface area contributed by atoms with Crippen LogP contribution >= 0.6 is 22.7 Å². The van der Waals surface area contributed by atoms with Gasteiger partial charge in [0.2, 0.25) is 0 Å². The standard InChI is InChI=1S/C32H40N2S2/c1(3-5-7-15-21-31-33-29(25-35-31)23-27-17-11-9-12-18-27)2-4-6-8-16-22-32-34-30(26-36-32)24-28-19-13-10-14-20-28/h9-14,17-20,25-26H,1-8,15-16,21-24H2. The van der Waals surface area contributed by atoms with Gasteiger partial charge in [0.05, 0.1) is 21.4 Å². The van der Waals surface area contributed by atoms with Gasteiger partial charge in [-0.1, -0.05) is 112 Å². The summed E-state index contributed by atoms with van der Waals surface area (Å²) in [5.74, 6) is 0. The Kier molecular flexibility index (Phi) is 11.7. The van der Waals surface area contributed by atoms with Crippen LogP contribution in [-0.2, 0) is 25.7 Å². The molecular weight excluding hydrogens is 477 g/mol. The fourth-order valence-corrected chi connectivity index (χ4v) is 6.35. The van der Waals surface area contributed by atoms with Crippen molar-refractivity contribution in [3.8, 4) is 0 Å². The summed E-state index contributed by atoms with van der Waals surface area (Å²) in [7, 11) is 0. The molecule has 0 unspecified atom stereocenters. The van der Waals surface area contributed by atoms with Gasteiger partial charge < -0.3 is 0 Å². The van der Waals surface area contributed by atoms with Crippen molar-refractivity contribution in [2.24, 2.45) is 0 Å². The second kappa shape index (κ2) is 15.7. The molecule has 0 atom stereocenters. The molecule has 0 aliphatic carbocycles. The van der Waals surface area contributed by atoms with Crippen molar-refractivity contribution in [2.45, 2.75) is 89.9 Å². The lowest BCUT2D eigenvalue weighted by Gasteiger charge is -2.02. The highest BCUT2D eigenvalue weighted by Crippen LogP contribution is 2.19. The molecule has 0 fully saturated rings. The maximum absolute atomic E-state index is 4.84. The molecular formula is C32H40N2S2. The quantitative estimate of drug-likeness (QED) is 0.131. The van der Waals surface area contributed by atoms with Crippen LogP contribution in [0.3, 0.4) is 0 Å². The van der Waals surface area contributed by atoms with Crippen LogP contribution in [-0.4, -0.2) is 9.97 Å². The summed E-state index contributed by atoms with van der Waals surface area (Å²) in [6, 6.07) is 21.3. The monoisotopic (exact) mass is 516 g/mol. The van der Waals surface area contributed by atoms with E-state index in [9.17, 15) is 0 Å². The first kappa shape index (κ1) is 26.8. The first-order chi connectivity index (χ1) is 17.8. The van der Waals surface area contributed by atoms with E-state index in [0.717, 1.165) is 25.7 Å². The summed E-state index contributed by atoms with van der Waals surface area (Å²) in [4.78, 5) is 9.68. The summed E-state index contributed by atoms with van der Waals surface area (Å²) >= 11 is 3.67. The van der Waals surface area contributed by atoms with Crippen LogP contribution in [0.1, 0.15) is 96.7 Å². The molecule has 0 amide bonds. The maximum atomic E-state index is 4.84. The third kappa shape index (κ3) is 9.99. The average molecular weight is 517 g/mol. The Bertz CT molecular complexity index is 1010. The van der Waals surface area contributed by atoms with Crippen LogP contribution < -0.4 is 0 Å². The van der Waals surface area contributed by atoms with Crippen molar-refractivity contribution in [1.82, 2.24) is 9.97 Å². The Morgan fingerprint density at radius 1 is 0.444 bits per heavy atom. The van der Waals surface area contributed by atoms with Crippen LogP contribution in [0.4, 0.5) is 0 Å². The molecule has 0 spiro atoms. The average Bonchev–Trinajstić information content (AvgIpc) is 3.55. The zero-order valence-electron chi connectivity index (χ0n) is 21.5. The lowest BCUT2D eigenvalue weighted by Crippen LogP contribution is -1.90. The first-order valence-corrected chi connectivity index (χ1v) is 15.6. The minimum Gasteiger partial charge on any atom is -0.246 e. The topological polar surface area (TPSA) is 25.8 Å². The molecule has 0 N–H and O–H groups in total. The van der Waals surface area contributed by atoms with Gasteiger partial charge >= 0.3 is 0 Å².